The molecule has 2 heteroatoms. The summed E-state index contributed by atoms with van der Waals surface area (Å²) in [5.74, 6) is 0.409. The number of aromatic hydroxyl groups is 1. The molecule has 1 N–H and O–H groups in total. The van der Waals surface area contributed by atoms with Gasteiger partial charge in [0.25, 0.3) is 0 Å². The number of hydrogen-bond acceptors (Lipinski definition) is 1. The van der Waals surface area contributed by atoms with Crippen LogP contribution in [0.4, 0.5) is 0 Å². The molecule has 0 aliphatic rings. The maximum atomic E-state index is 9.59. The third-order valence-corrected chi connectivity index (χ3v) is 3.58. The van der Waals surface area contributed by atoms with Crippen molar-refractivity contribution in [3.05, 3.63) is 54.6 Å². The van der Waals surface area contributed by atoms with Crippen LogP contribution in [0, 0.1) is 0 Å². The third-order valence-electron chi connectivity index (χ3n) is 2.06. The van der Waals surface area contributed by atoms with E-state index >= 15 is 0 Å². The average molecular weight is 203 g/mol. The normalized spacial score (nSPS) is 10.9. The van der Waals surface area contributed by atoms with E-state index < -0.39 is 0 Å². The zero-order chi connectivity index (χ0) is 9.80. The van der Waals surface area contributed by atoms with Crippen molar-refractivity contribution >= 4 is 19.2 Å². The Morgan fingerprint density at radius 3 is 2.14 bits per heavy atom. The van der Waals surface area contributed by atoms with Gasteiger partial charge in [-0.05, 0) is 24.3 Å². The number of benzene rings is 2. The van der Waals surface area contributed by atoms with Gasteiger partial charge < -0.3 is 5.11 Å². The number of phenols is 1. The Kier molecular flexibility index (Phi) is 2.81. The number of rotatable bonds is 2. The van der Waals surface area contributed by atoms with Crippen LogP contribution in [0.3, 0.4) is 0 Å². The fourth-order valence-corrected chi connectivity index (χ4v) is 2.56. The molecule has 1 nitrogen and oxygen atoms in total. The highest BCUT2D eigenvalue weighted by molar-refractivity contribution is 7.55. The first-order valence-electron chi connectivity index (χ1n) is 4.54. The zero-order valence-electron chi connectivity index (χ0n) is 7.72. The van der Waals surface area contributed by atoms with E-state index in [4.69, 9.17) is 0 Å². The summed E-state index contributed by atoms with van der Waals surface area (Å²) in [5.41, 5.74) is 0. The van der Waals surface area contributed by atoms with Crippen LogP contribution in [0.5, 0.6) is 5.75 Å². The molecule has 0 aliphatic carbocycles. The lowest BCUT2D eigenvalue weighted by Crippen LogP contribution is -2.02. The van der Waals surface area contributed by atoms with Crippen LogP contribution in [0.25, 0.3) is 0 Å². The highest BCUT2D eigenvalue weighted by Crippen LogP contribution is 2.17. The Morgan fingerprint density at radius 1 is 0.786 bits per heavy atom. The van der Waals surface area contributed by atoms with E-state index in [0.717, 1.165) is 5.30 Å². The van der Waals surface area contributed by atoms with E-state index in [9.17, 15) is 5.11 Å². The number of para-hydroxylation sites is 1. The van der Waals surface area contributed by atoms with Crippen molar-refractivity contribution in [2.24, 2.45) is 0 Å². The molecule has 0 amide bonds. The molecule has 14 heavy (non-hydrogen) atoms. The van der Waals surface area contributed by atoms with Crippen molar-refractivity contribution in [1.82, 2.24) is 0 Å². The standard InChI is InChI=1S/C12H11OP/c13-11-8-4-5-9-12(11)14-10-6-2-1-3-7-10/h1-9,13-14H/p+1. The lowest BCUT2D eigenvalue weighted by Gasteiger charge is -1.96. The largest absolute Gasteiger partial charge is 0.504 e. The van der Waals surface area contributed by atoms with Crippen molar-refractivity contribution in [1.29, 1.82) is 0 Å². The summed E-state index contributed by atoms with van der Waals surface area (Å²) in [6.45, 7) is 0. The lowest BCUT2D eigenvalue weighted by molar-refractivity contribution is 0.480. The van der Waals surface area contributed by atoms with Crippen molar-refractivity contribution in [2.75, 3.05) is 0 Å². The van der Waals surface area contributed by atoms with Crippen molar-refractivity contribution in [3.8, 4) is 5.75 Å². The fraction of sp³-hybridized carbons (Fsp3) is 0. The van der Waals surface area contributed by atoms with Gasteiger partial charge >= 0.3 is 0 Å². The first-order valence-corrected chi connectivity index (χ1v) is 5.69. The molecule has 0 radical (unpaired) electrons. The van der Waals surface area contributed by atoms with E-state index in [-0.39, 0.29) is 8.58 Å². The summed E-state index contributed by atoms with van der Waals surface area (Å²) in [7, 11) is 0.00625. The molecular formula is C12H12OP+. The SMILES string of the molecule is Oc1ccccc1[PH2+]c1ccccc1. The summed E-state index contributed by atoms with van der Waals surface area (Å²) in [4.78, 5) is 0. The minimum Gasteiger partial charge on any atom is -0.504 e. The maximum absolute atomic E-state index is 9.59. The highest BCUT2D eigenvalue weighted by atomic mass is 31.1. The van der Waals surface area contributed by atoms with Crippen LogP contribution in [-0.4, -0.2) is 5.11 Å². The summed E-state index contributed by atoms with van der Waals surface area (Å²) >= 11 is 0. The first kappa shape index (κ1) is 9.23. The summed E-state index contributed by atoms with van der Waals surface area (Å²) in [6.07, 6.45) is 0. The monoisotopic (exact) mass is 203 g/mol. The minimum atomic E-state index is 0.00625. The first-order chi connectivity index (χ1) is 6.86. The molecule has 0 saturated carbocycles. The summed E-state index contributed by atoms with van der Waals surface area (Å²) in [6, 6.07) is 17.8. The quantitative estimate of drug-likeness (QED) is 0.737. The Balaban J connectivity index is 2.24. The number of hydrogen-bond donors (Lipinski definition) is 1. The topological polar surface area (TPSA) is 20.2 Å². The van der Waals surface area contributed by atoms with Gasteiger partial charge in [0.2, 0.25) is 0 Å². The Labute approximate surface area is 85.2 Å². The number of phenolic OH excluding ortho intramolecular Hbond substituents is 1. The van der Waals surface area contributed by atoms with E-state index in [1.165, 1.54) is 5.30 Å². The molecule has 0 aromatic heterocycles. The lowest BCUT2D eigenvalue weighted by atomic mass is 10.3. The average Bonchev–Trinajstić information content (AvgIpc) is 2.23. The van der Waals surface area contributed by atoms with Gasteiger partial charge in [0.15, 0.2) is 5.75 Å². The molecule has 2 rings (SSSR count). The second-order valence-electron chi connectivity index (χ2n) is 3.11. The molecule has 1 unspecified atom stereocenters. The Morgan fingerprint density at radius 2 is 1.43 bits per heavy atom. The van der Waals surface area contributed by atoms with E-state index in [1.54, 1.807) is 6.07 Å². The van der Waals surface area contributed by atoms with Gasteiger partial charge in [-0.1, -0.05) is 30.3 Å². The smallest absolute Gasteiger partial charge is 0.157 e. The molecule has 0 heterocycles. The molecule has 0 bridgehead atoms. The Hall–Kier alpha value is -1.33. The molecular weight excluding hydrogens is 191 g/mol. The second-order valence-corrected chi connectivity index (χ2v) is 4.69. The van der Waals surface area contributed by atoms with Crippen LogP contribution in [0.1, 0.15) is 0 Å². The third kappa shape index (κ3) is 2.12. The van der Waals surface area contributed by atoms with Gasteiger partial charge in [-0.15, -0.1) is 0 Å². The molecule has 2 aromatic carbocycles. The van der Waals surface area contributed by atoms with E-state index in [0.29, 0.717) is 5.75 Å². The van der Waals surface area contributed by atoms with Crippen molar-refractivity contribution < 1.29 is 5.11 Å². The maximum Gasteiger partial charge on any atom is 0.157 e. The van der Waals surface area contributed by atoms with Crippen LogP contribution in [-0.2, 0) is 0 Å². The van der Waals surface area contributed by atoms with Crippen LogP contribution in [0.15, 0.2) is 54.6 Å². The molecule has 1 atom stereocenters. The highest BCUT2D eigenvalue weighted by Gasteiger charge is 2.07. The van der Waals surface area contributed by atoms with Gasteiger partial charge in [0, 0.05) is 0 Å². The zero-order valence-corrected chi connectivity index (χ0v) is 8.88. The van der Waals surface area contributed by atoms with Crippen molar-refractivity contribution in [2.45, 2.75) is 0 Å². The van der Waals surface area contributed by atoms with Crippen molar-refractivity contribution in [3.63, 3.8) is 0 Å². The van der Waals surface area contributed by atoms with Gasteiger partial charge in [0.1, 0.15) is 5.30 Å². The molecule has 0 aliphatic heterocycles. The Bertz CT molecular complexity index is 412. The predicted molar refractivity (Wildman–Crippen MR) is 63.5 cm³/mol. The minimum absolute atomic E-state index is 0.00625. The second kappa shape index (κ2) is 4.26. The van der Waals surface area contributed by atoms with Gasteiger partial charge in [-0.25, -0.2) is 0 Å². The van der Waals surface area contributed by atoms with Gasteiger partial charge in [-0.3, -0.25) is 0 Å². The summed E-state index contributed by atoms with van der Waals surface area (Å²) < 4.78 is 0. The van der Waals surface area contributed by atoms with Gasteiger partial charge in [0.05, 0.1) is 13.9 Å². The van der Waals surface area contributed by atoms with Gasteiger partial charge in [-0.2, -0.15) is 0 Å². The fourth-order valence-electron chi connectivity index (χ4n) is 1.34. The van der Waals surface area contributed by atoms with E-state index in [2.05, 4.69) is 12.1 Å². The van der Waals surface area contributed by atoms with Crippen LogP contribution < -0.4 is 10.6 Å². The molecule has 70 valence electrons. The molecule has 0 saturated heterocycles. The van der Waals surface area contributed by atoms with Crippen LogP contribution in [0.2, 0.25) is 0 Å². The predicted octanol–water partition coefficient (Wildman–Crippen LogP) is 1.75. The van der Waals surface area contributed by atoms with E-state index in [1.807, 2.05) is 36.4 Å². The summed E-state index contributed by atoms with van der Waals surface area (Å²) in [5, 5.41) is 11.9. The molecule has 0 spiro atoms. The molecule has 2 aromatic rings. The van der Waals surface area contributed by atoms with Crippen LogP contribution >= 0.6 is 8.58 Å². The molecule has 0 fully saturated rings.